The minimum absolute atomic E-state index is 0.685. The number of rotatable bonds is 3. The van der Waals surface area contributed by atoms with Gasteiger partial charge in [0.25, 0.3) is 0 Å². The van der Waals surface area contributed by atoms with E-state index >= 15 is 0 Å². The molecule has 1 aliphatic heterocycles. The zero-order valence-corrected chi connectivity index (χ0v) is 12.1. The van der Waals surface area contributed by atoms with Crippen molar-refractivity contribution in [1.29, 1.82) is 0 Å². The standard InChI is InChI=1S/C16H21N3O/c1-13-3-5-15(6-4-13)16(20)7-8-19(12-16)11-14-9-17-18(2)10-14/h3-6,9-10,20H,7-8,11-12H2,1-2H3/t16-/m1/s1. The Hall–Kier alpha value is -1.65. The summed E-state index contributed by atoms with van der Waals surface area (Å²) in [5, 5.41) is 15.0. The van der Waals surface area contributed by atoms with Crippen LogP contribution in [-0.2, 0) is 19.2 Å². The van der Waals surface area contributed by atoms with Crippen molar-refractivity contribution in [3.63, 3.8) is 0 Å². The molecule has 0 amide bonds. The van der Waals surface area contributed by atoms with Gasteiger partial charge in [-0.15, -0.1) is 0 Å². The molecule has 2 heterocycles. The first kappa shape index (κ1) is 13.3. The number of aromatic nitrogens is 2. The number of benzene rings is 1. The van der Waals surface area contributed by atoms with Crippen LogP contribution >= 0.6 is 0 Å². The van der Waals surface area contributed by atoms with Crippen molar-refractivity contribution in [2.24, 2.45) is 7.05 Å². The van der Waals surface area contributed by atoms with Crippen molar-refractivity contribution in [3.8, 4) is 0 Å². The second kappa shape index (κ2) is 5.04. The van der Waals surface area contributed by atoms with Gasteiger partial charge in [-0.25, -0.2) is 0 Å². The average molecular weight is 271 g/mol. The van der Waals surface area contributed by atoms with Gasteiger partial charge in [0.2, 0.25) is 0 Å². The predicted molar refractivity (Wildman–Crippen MR) is 78.2 cm³/mol. The van der Waals surface area contributed by atoms with Crippen molar-refractivity contribution in [1.82, 2.24) is 14.7 Å². The summed E-state index contributed by atoms with van der Waals surface area (Å²) in [6.45, 7) is 4.52. The first-order valence-corrected chi connectivity index (χ1v) is 7.05. The molecule has 0 bridgehead atoms. The highest BCUT2D eigenvalue weighted by Crippen LogP contribution is 2.32. The van der Waals surface area contributed by atoms with Crippen molar-refractivity contribution in [2.45, 2.75) is 25.5 Å². The Bertz CT molecular complexity index is 590. The van der Waals surface area contributed by atoms with E-state index in [1.807, 2.05) is 36.3 Å². The Kier molecular flexibility index (Phi) is 3.36. The molecule has 0 unspecified atom stereocenters. The third kappa shape index (κ3) is 2.62. The SMILES string of the molecule is Cc1ccc([C@@]2(O)CCN(Cc3cnn(C)c3)C2)cc1. The lowest BCUT2D eigenvalue weighted by Gasteiger charge is -2.24. The van der Waals surface area contributed by atoms with Gasteiger partial charge >= 0.3 is 0 Å². The third-order valence-electron chi connectivity index (χ3n) is 4.08. The molecule has 106 valence electrons. The van der Waals surface area contributed by atoms with E-state index in [4.69, 9.17) is 0 Å². The fraction of sp³-hybridized carbons (Fsp3) is 0.438. The number of β-amino-alcohol motifs (C(OH)–C–C–N with tert-alkyl or cyclic N) is 1. The van der Waals surface area contributed by atoms with Gasteiger partial charge in [-0.05, 0) is 18.9 Å². The van der Waals surface area contributed by atoms with Crippen molar-refractivity contribution < 1.29 is 5.11 Å². The summed E-state index contributed by atoms with van der Waals surface area (Å²) in [5.74, 6) is 0. The summed E-state index contributed by atoms with van der Waals surface area (Å²) in [6, 6.07) is 8.22. The van der Waals surface area contributed by atoms with Crippen LogP contribution in [0.25, 0.3) is 0 Å². The lowest BCUT2D eigenvalue weighted by Crippen LogP contribution is -2.30. The summed E-state index contributed by atoms with van der Waals surface area (Å²) in [5.41, 5.74) is 2.73. The maximum Gasteiger partial charge on any atom is 0.103 e. The molecule has 1 N–H and O–H groups in total. The van der Waals surface area contributed by atoms with Gasteiger partial charge < -0.3 is 5.11 Å². The van der Waals surface area contributed by atoms with Gasteiger partial charge in [0.05, 0.1) is 6.20 Å². The summed E-state index contributed by atoms with van der Waals surface area (Å²) in [7, 11) is 1.93. The van der Waals surface area contributed by atoms with Crippen LogP contribution in [0.2, 0.25) is 0 Å². The minimum Gasteiger partial charge on any atom is -0.384 e. The number of likely N-dealkylation sites (tertiary alicyclic amines) is 1. The van der Waals surface area contributed by atoms with E-state index in [9.17, 15) is 5.11 Å². The molecule has 1 aliphatic rings. The lowest BCUT2D eigenvalue weighted by atomic mass is 9.92. The molecule has 20 heavy (non-hydrogen) atoms. The topological polar surface area (TPSA) is 41.3 Å². The number of hydrogen-bond acceptors (Lipinski definition) is 3. The van der Waals surface area contributed by atoms with Crippen LogP contribution in [0.4, 0.5) is 0 Å². The van der Waals surface area contributed by atoms with Gasteiger partial charge in [-0.1, -0.05) is 29.8 Å². The highest BCUT2D eigenvalue weighted by atomic mass is 16.3. The van der Waals surface area contributed by atoms with Crippen molar-refractivity contribution in [2.75, 3.05) is 13.1 Å². The van der Waals surface area contributed by atoms with E-state index in [2.05, 4.69) is 29.1 Å². The molecule has 1 aromatic heterocycles. The summed E-state index contributed by atoms with van der Waals surface area (Å²) in [4.78, 5) is 2.29. The Morgan fingerprint density at radius 3 is 2.70 bits per heavy atom. The number of aliphatic hydroxyl groups is 1. The van der Waals surface area contributed by atoms with Crippen LogP contribution in [0, 0.1) is 6.92 Å². The van der Waals surface area contributed by atoms with Crippen LogP contribution in [0.15, 0.2) is 36.7 Å². The number of aryl methyl sites for hydroxylation is 2. The second-order valence-electron chi connectivity index (χ2n) is 5.88. The molecule has 0 spiro atoms. The first-order chi connectivity index (χ1) is 9.55. The Morgan fingerprint density at radius 1 is 1.30 bits per heavy atom. The van der Waals surface area contributed by atoms with Crippen LogP contribution in [0.5, 0.6) is 0 Å². The van der Waals surface area contributed by atoms with Gasteiger partial charge in [0, 0.05) is 38.4 Å². The molecule has 0 radical (unpaired) electrons. The monoisotopic (exact) mass is 271 g/mol. The maximum absolute atomic E-state index is 10.8. The van der Waals surface area contributed by atoms with Crippen LogP contribution < -0.4 is 0 Å². The quantitative estimate of drug-likeness (QED) is 0.926. The highest BCUT2D eigenvalue weighted by Gasteiger charge is 2.37. The molecule has 0 saturated carbocycles. The minimum atomic E-state index is -0.712. The normalized spacial score (nSPS) is 23.4. The van der Waals surface area contributed by atoms with Gasteiger partial charge in [-0.3, -0.25) is 9.58 Å². The summed E-state index contributed by atoms with van der Waals surface area (Å²) >= 11 is 0. The Balaban J connectivity index is 1.70. The van der Waals surface area contributed by atoms with E-state index in [0.717, 1.165) is 25.1 Å². The summed E-state index contributed by atoms with van der Waals surface area (Å²) in [6.07, 6.45) is 4.71. The molecule has 4 nitrogen and oxygen atoms in total. The van der Waals surface area contributed by atoms with Gasteiger partial charge in [0.15, 0.2) is 0 Å². The maximum atomic E-state index is 10.8. The molecule has 4 heteroatoms. The van der Waals surface area contributed by atoms with Crippen molar-refractivity contribution >= 4 is 0 Å². The van der Waals surface area contributed by atoms with Crippen LogP contribution in [-0.4, -0.2) is 32.9 Å². The summed E-state index contributed by atoms with van der Waals surface area (Å²) < 4.78 is 1.82. The highest BCUT2D eigenvalue weighted by molar-refractivity contribution is 5.28. The van der Waals surface area contributed by atoms with Gasteiger partial charge in [0.1, 0.15) is 5.60 Å². The third-order valence-corrected chi connectivity index (χ3v) is 4.08. The molecule has 1 saturated heterocycles. The van der Waals surface area contributed by atoms with E-state index in [1.54, 1.807) is 0 Å². The van der Waals surface area contributed by atoms with E-state index in [-0.39, 0.29) is 0 Å². The van der Waals surface area contributed by atoms with Gasteiger partial charge in [-0.2, -0.15) is 5.10 Å². The Labute approximate surface area is 119 Å². The molecule has 3 rings (SSSR count). The predicted octanol–water partition coefficient (Wildman–Crippen LogP) is 1.82. The van der Waals surface area contributed by atoms with Crippen LogP contribution in [0.1, 0.15) is 23.1 Å². The molecule has 1 fully saturated rings. The molecule has 1 atom stereocenters. The second-order valence-corrected chi connectivity index (χ2v) is 5.88. The molecular weight excluding hydrogens is 250 g/mol. The lowest BCUT2D eigenvalue weighted by molar-refractivity contribution is 0.0453. The fourth-order valence-electron chi connectivity index (χ4n) is 2.92. The van der Waals surface area contributed by atoms with E-state index in [1.165, 1.54) is 11.1 Å². The smallest absolute Gasteiger partial charge is 0.103 e. The van der Waals surface area contributed by atoms with E-state index in [0.29, 0.717) is 6.54 Å². The van der Waals surface area contributed by atoms with Crippen molar-refractivity contribution in [3.05, 3.63) is 53.3 Å². The number of nitrogens with zero attached hydrogens (tertiary/aromatic N) is 3. The first-order valence-electron chi connectivity index (χ1n) is 7.05. The largest absolute Gasteiger partial charge is 0.384 e. The zero-order chi connectivity index (χ0) is 14.2. The average Bonchev–Trinajstić information content (AvgIpc) is 2.98. The molecule has 1 aromatic carbocycles. The molecule has 2 aromatic rings. The van der Waals surface area contributed by atoms with E-state index < -0.39 is 5.60 Å². The zero-order valence-electron chi connectivity index (χ0n) is 12.1. The van der Waals surface area contributed by atoms with Crippen LogP contribution in [0.3, 0.4) is 0 Å². The Morgan fingerprint density at radius 2 is 2.05 bits per heavy atom. The molecular formula is C16H21N3O. The molecule has 0 aliphatic carbocycles. The number of hydrogen-bond donors (Lipinski definition) is 1. The fourth-order valence-corrected chi connectivity index (χ4v) is 2.92.